The first-order valence-electron chi connectivity index (χ1n) is 7.56. The fourth-order valence-corrected chi connectivity index (χ4v) is 4.01. The van der Waals surface area contributed by atoms with Gasteiger partial charge in [0.1, 0.15) is 17.2 Å². The molecule has 20 heavy (non-hydrogen) atoms. The van der Waals surface area contributed by atoms with Gasteiger partial charge in [-0.3, -0.25) is 4.90 Å². The Hall–Kier alpha value is -1.13. The lowest BCUT2D eigenvalue weighted by molar-refractivity contribution is 0.0429. The van der Waals surface area contributed by atoms with E-state index in [9.17, 15) is 4.39 Å². The largest absolute Gasteiger partial charge is 0.485 e. The van der Waals surface area contributed by atoms with Gasteiger partial charge in [-0.1, -0.05) is 6.07 Å². The van der Waals surface area contributed by atoms with Crippen LogP contribution < -0.4 is 10.5 Å². The fourth-order valence-electron chi connectivity index (χ4n) is 4.01. The molecule has 3 nitrogen and oxygen atoms in total. The highest BCUT2D eigenvalue weighted by Crippen LogP contribution is 2.47. The Bertz CT molecular complexity index is 545. The molecule has 108 valence electrons. The lowest BCUT2D eigenvalue weighted by Gasteiger charge is -2.38. The molecule has 0 radical (unpaired) electrons. The van der Waals surface area contributed by atoms with Gasteiger partial charge >= 0.3 is 0 Å². The number of rotatable bonds is 1. The molecule has 4 rings (SSSR count). The molecule has 1 aromatic rings. The first-order chi connectivity index (χ1) is 9.56. The SMILES string of the molecule is CC1CC2(C[C@@H](N)c3ccc(F)cc3O2)CN1C1CC1. The van der Waals surface area contributed by atoms with Gasteiger partial charge < -0.3 is 10.5 Å². The first kappa shape index (κ1) is 12.6. The van der Waals surface area contributed by atoms with Crippen molar-refractivity contribution in [3.8, 4) is 5.75 Å². The summed E-state index contributed by atoms with van der Waals surface area (Å²) in [6.07, 6.45) is 4.43. The summed E-state index contributed by atoms with van der Waals surface area (Å²) >= 11 is 0. The number of likely N-dealkylation sites (tertiary alicyclic amines) is 1. The van der Waals surface area contributed by atoms with Gasteiger partial charge in [0.25, 0.3) is 0 Å². The molecular weight excluding hydrogens is 255 g/mol. The normalized spacial score (nSPS) is 37.0. The highest BCUT2D eigenvalue weighted by molar-refractivity contribution is 5.39. The van der Waals surface area contributed by atoms with Crippen molar-refractivity contribution in [1.82, 2.24) is 4.90 Å². The third-order valence-electron chi connectivity index (χ3n) is 5.01. The molecule has 2 heterocycles. The van der Waals surface area contributed by atoms with Crippen LogP contribution in [0.25, 0.3) is 0 Å². The van der Waals surface area contributed by atoms with Crippen molar-refractivity contribution in [2.75, 3.05) is 6.54 Å². The molecule has 1 aliphatic carbocycles. The lowest BCUT2D eigenvalue weighted by atomic mass is 9.86. The molecular formula is C16H21FN2O. The average Bonchev–Trinajstić information content (AvgIpc) is 3.15. The van der Waals surface area contributed by atoms with E-state index >= 15 is 0 Å². The number of hydrogen-bond donors (Lipinski definition) is 1. The molecule has 2 unspecified atom stereocenters. The summed E-state index contributed by atoms with van der Waals surface area (Å²) in [5.41, 5.74) is 7.03. The summed E-state index contributed by atoms with van der Waals surface area (Å²) in [5, 5.41) is 0. The minimum atomic E-state index is -0.252. The maximum atomic E-state index is 13.5. The number of nitrogens with two attached hydrogens (primary N) is 1. The minimum Gasteiger partial charge on any atom is -0.485 e. The zero-order valence-corrected chi connectivity index (χ0v) is 11.8. The minimum absolute atomic E-state index is 0.0503. The third kappa shape index (κ3) is 1.93. The van der Waals surface area contributed by atoms with Crippen LogP contribution in [0.4, 0.5) is 4.39 Å². The number of halogens is 1. The molecule has 3 aliphatic rings. The van der Waals surface area contributed by atoms with Crippen molar-refractivity contribution in [2.45, 2.75) is 56.3 Å². The molecule has 0 bridgehead atoms. The van der Waals surface area contributed by atoms with Crippen molar-refractivity contribution in [1.29, 1.82) is 0 Å². The number of benzene rings is 1. The van der Waals surface area contributed by atoms with Gasteiger partial charge in [-0.15, -0.1) is 0 Å². The molecule has 1 spiro atoms. The second-order valence-corrected chi connectivity index (χ2v) is 6.73. The van der Waals surface area contributed by atoms with Crippen LogP contribution in [0, 0.1) is 5.82 Å². The zero-order valence-electron chi connectivity index (χ0n) is 11.8. The molecule has 2 fully saturated rings. The van der Waals surface area contributed by atoms with Crippen LogP contribution in [0.5, 0.6) is 5.75 Å². The lowest BCUT2D eigenvalue weighted by Crippen LogP contribution is -2.45. The monoisotopic (exact) mass is 276 g/mol. The number of fused-ring (bicyclic) bond motifs is 1. The van der Waals surface area contributed by atoms with E-state index < -0.39 is 0 Å². The van der Waals surface area contributed by atoms with Crippen molar-refractivity contribution >= 4 is 0 Å². The summed E-state index contributed by atoms with van der Waals surface area (Å²) in [6, 6.07) is 5.93. The standard InChI is InChI=1S/C16H21FN2O/c1-10-7-16(9-19(10)12-3-4-12)8-14(18)13-5-2-11(17)6-15(13)20-16/h2,5-6,10,12,14H,3-4,7-9,18H2,1H3/t10?,14-,16?/m1/s1. The Morgan fingerprint density at radius 2 is 2.15 bits per heavy atom. The average molecular weight is 276 g/mol. The summed E-state index contributed by atoms with van der Waals surface area (Å²) in [7, 11) is 0. The van der Waals surface area contributed by atoms with E-state index in [-0.39, 0.29) is 17.5 Å². The highest BCUT2D eigenvalue weighted by atomic mass is 19.1. The van der Waals surface area contributed by atoms with E-state index in [0.717, 1.165) is 31.0 Å². The highest BCUT2D eigenvalue weighted by Gasteiger charge is 2.51. The second-order valence-electron chi connectivity index (χ2n) is 6.73. The van der Waals surface area contributed by atoms with Crippen LogP contribution in [-0.2, 0) is 0 Å². The van der Waals surface area contributed by atoms with E-state index in [1.807, 2.05) is 0 Å². The summed E-state index contributed by atoms with van der Waals surface area (Å²) in [4.78, 5) is 2.55. The van der Waals surface area contributed by atoms with Crippen molar-refractivity contribution in [3.05, 3.63) is 29.6 Å². The maximum absolute atomic E-state index is 13.5. The van der Waals surface area contributed by atoms with E-state index in [1.54, 1.807) is 6.07 Å². The van der Waals surface area contributed by atoms with Crippen LogP contribution in [-0.4, -0.2) is 29.1 Å². The molecule has 1 saturated heterocycles. The van der Waals surface area contributed by atoms with E-state index in [1.165, 1.54) is 25.0 Å². The third-order valence-corrected chi connectivity index (χ3v) is 5.01. The molecule has 0 amide bonds. The van der Waals surface area contributed by atoms with Crippen LogP contribution in [0.15, 0.2) is 18.2 Å². The number of hydrogen-bond acceptors (Lipinski definition) is 3. The van der Waals surface area contributed by atoms with Gasteiger partial charge in [0.15, 0.2) is 0 Å². The van der Waals surface area contributed by atoms with Gasteiger partial charge in [-0.25, -0.2) is 4.39 Å². The Kier molecular flexibility index (Phi) is 2.63. The smallest absolute Gasteiger partial charge is 0.127 e. The summed E-state index contributed by atoms with van der Waals surface area (Å²) in [5.74, 6) is 0.395. The molecule has 2 N–H and O–H groups in total. The number of nitrogens with zero attached hydrogens (tertiary/aromatic N) is 1. The van der Waals surface area contributed by atoms with Gasteiger partial charge in [-0.05, 0) is 25.8 Å². The van der Waals surface area contributed by atoms with E-state index in [0.29, 0.717) is 11.8 Å². The maximum Gasteiger partial charge on any atom is 0.127 e. The summed E-state index contributed by atoms with van der Waals surface area (Å²) < 4.78 is 19.7. The predicted molar refractivity (Wildman–Crippen MR) is 75.1 cm³/mol. The summed E-state index contributed by atoms with van der Waals surface area (Å²) in [6.45, 7) is 3.20. The van der Waals surface area contributed by atoms with Gasteiger partial charge in [0.2, 0.25) is 0 Å². The predicted octanol–water partition coefficient (Wildman–Crippen LogP) is 2.60. The number of ether oxygens (including phenoxy) is 1. The molecule has 4 heteroatoms. The molecule has 2 aliphatic heterocycles. The Balaban J connectivity index is 1.65. The Labute approximate surface area is 118 Å². The topological polar surface area (TPSA) is 38.5 Å². The van der Waals surface area contributed by atoms with Crippen LogP contribution in [0.2, 0.25) is 0 Å². The molecule has 1 saturated carbocycles. The Morgan fingerprint density at radius 3 is 2.90 bits per heavy atom. The van der Waals surface area contributed by atoms with Crippen molar-refractivity contribution < 1.29 is 9.13 Å². The fraction of sp³-hybridized carbons (Fsp3) is 0.625. The molecule has 3 atom stereocenters. The van der Waals surface area contributed by atoms with Gasteiger partial charge in [0, 0.05) is 49.1 Å². The molecule has 0 aromatic heterocycles. The van der Waals surface area contributed by atoms with Crippen LogP contribution in [0.1, 0.15) is 44.2 Å². The molecule has 1 aromatic carbocycles. The second kappa shape index (κ2) is 4.18. The quantitative estimate of drug-likeness (QED) is 0.857. The van der Waals surface area contributed by atoms with Crippen LogP contribution in [0.3, 0.4) is 0 Å². The van der Waals surface area contributed by atoms with Crippen LogP contribution >= 0.6 is 0 Å². The van der Waals surface area contributed by atoms with Crippen molar-refractivity contribution in [2.24, 2.45) is 5.73 Å². The zero-order chi connectivity index (χ0) is 13.9. The van der Waals surface area contributed by atoms with Gasteiger partial charge in [0.05, 0.1) is 0 Å². The van der Waals surface area contributed by atoms with E-state index in [2.05, 4.69) is 11.8 Å². The van der Waals surface area contributed by atoms with E-state index in [4.69, 9.17) is 10.5 Å². The Morgan fingerprint density at radius 1 is 1.35 bits per heavy atom. The van der Waals surface area contributed by atoms with Crippen molar-refractivity contribution in [3.63, 3.8) is 0 Å². The first-order valence-corrected chi connectivity index (χ1v) is 7.56. The van der Waals surface area contributed by atoms with Gasteiger partial charge in [-0.2, -0.15) is 0 Å².